The van der Waals surface area contributed by atoms with Gasteiger partial charge in [-0.25, -0.2) is 14.8 Å². The zero-order valence-corrected chi connectivity index (χ0v) is 20.9. The van der Waals surface area contributed by atoms with Gasteiger partial charge in [0.15, 0.2) is 0 Å². The van der Waals surface area contributed by atoms with E-state index in [4.69, 9.17) is 9.51 Å². The van der Waals surface area contributed by atoms with Crippen molar-refractivity contribution in [1.82, 2.24) is 19.7 Å². The van der Waals surface area contributed by atoms with Crippen LogP contribution in [0.25, 0.3) is 28.0 Å². The van der Waals surface area contributed by atoms with E-state index in [1.807, 2.05) is 61.0 Å². The first kappa shape index (κ1) is 23.4. The number of hydrogen-bond donors (Lipinski definition) is 1. The highest BCUT2D eigenvalue weighted by Gasteiger charge is 2.24. The van der Waals surface area contributed by atoms with E-state index in [0.29, 0.717) is 5.82 Å². The van der Waals surface area contributed by atoms with Crippen LogP contribution in [0.3, 0.4) is 0 Å². The Morgan fingerprint density at radius 3 is 2.13 bits per heavy atom. The molecule has 7 nitrogen and oxygen atoms in total. The highest BCUT2D eigenvalue weighted by atomic mass is 16.5. The minimum Gasteiger partial charge on any atom is -0.478 e. The molecule has 0 saturated heterocycles. The second-order valence-electron chi connectivity index (χ2n) is 9.21. The Morgan fingerprint density at radius 1 is 0.895 bits per heavy atom. The lowest BCUT2D eigenvalue weighted by atomic mass is 9.85. The average molecular weight is 501 g/mol. The molecule has 0 amide bonds. The average Bonchev–Trinajstić information content (AvgIpc) is 3.49. The van der Waals surface area contributed by atoms with Crippen LogP contribution in [0, 0.1) is 13.8 Å². The van der Waals surface area contributed by atoms with Gasteiger partial charge >= 0.3 is 5.97 Å². The molecule has 0 atom stereocenters. The fourth-order valence-corrected chi connectivity index (χ4v) is 5.07. The number of aromatic carboxylic acids is 1. The van der Waals surface area contributed by atoms with Crippen molar-refractivity contribution in [2.75, 3.05) is 0 Å². The van der Waals surface area contributed by atoms with Crippen molar-refractivity contribution in [3.63, 3.8) is 0 Å². The van der Waals surface area contributed by atoms with Gasteiger partial charge in [0.1, 0.15) is 17.2 Å². The van der Waals surface area contributed by atoms with Crippen LogP contribution in [-0.4, -0.2) is 30.8 Å². The molecule has 6 aromatic rings. The maximum Gasteiger partial charge on any atom is 0.337 e. The quantitative estimate of drug-likeness (QED) is 0.278. The maximum absolute atomic E-state index is 11.4. The summed E-state index contributed by atoms with van der Waals surface area (Å²) in [7, 11) is 0. The van der Waals surface area contributed by atoms with Crippen molar-refractivity contribution in [2.24, 2.45) is 0 Å². The Kier molecular flexibility index (Phi) is 5.81. The molecule has 0 saturated carbocycles. The molecule has 0 spiro atoms. The molecular formula is C31H24N4O3. The number of carboxylic acid groups (broad SMARTS) is 1. The van der Waals surface area contributed by atoms with Crippen LogP contribution in [0.2, 0.25) is 0 Å². The minimum absolute atomic E-state index is 0.0684. The Balaban J connectivity index is 1.63. The lowest BCUT2D eigenvalue weighted by molar-refractivity contribution is 0.0696. The zero-order chi connectivity index (χ0) is 26.2. The van der Waals surface area contributed by atoms with Gasteiger partial charge in [-0.15, -0.1) is 0 Å². The van der Waals surface area contributed by atoms with Gasteiger partial charge in [0.05, 0.1) is 11.3 Å². The van der Waals surface area contributed by atoms with E-state index in [2.05, 4.69) is 46.7 Å². The van der Waals surface area contributed by atoms with Gasteiger partial charge in [-0.2, -0.15) is 0 Å². The second kappa shape index (κ2) is 9.44. The van der Waals surface area contributed by atoms with Crippen molar-refractivity contribution in [1.29, 1.82) is 0 Å². The van der Waals surface area contributed by atoms with E-state index < -0.39 is 5.97 Å². The SMILES string of the molecule is Cc1noc(C)c1-c1cnc2c(c1)c(C(c1ccccc1)c1ccccc1)cn2-c1ccc(C(=O)O)cn1. The highest BCUT2D eigenvalue weighted by molar-refractivity contribution is 5.89. The number of aryl methyl sites for hydroxylation is 2. The molecule has 1 N–H and O–H groups in total. The summed E-state index contributed by atoms with van der Waals surface area (Å²) in [5, 5.41) is 14.4. The number of benzene rings is 2. The number of hydrogen-bond acceptors (Lipinski definition) is 5. The summed E-state index contributed by atoms with van der Waals surface area (Å²) >= 11 is 0. The predicted octanol–water partition coefficient (Wildman–Crippen LogP) is 6.57. The summed E-state index contributed by atoms with van der Waals surface area (Å²) in [5.41, 5.74) is 6.86. The third-order valence-corrected chi connectivity index (χ3v) is 6.81. The van der Waals surface area contributed by atoms with Gasteiger partial charge in [0.25, 0.3) is 0 Å². The van der Waals surface area contributed by atoms with Gasteiger partial charge in [-0.3, -0.25) is 4.57 Å². The summed E-state index contributed by atoms with van der Waals surface area (Å²) in [4.78, 5) is 20.7. The largest absolute Gasteiger partial charge is 0.478 e. The topological polar surface area (TPSA) is 94.0 Å². The van der Waals surface area contributed by atoms with Gasteiger partial charge in [-0.05, 0) is 48.7 Å². The molecule has 0 bridgehead atoms. The van der Waals surface area contributed by atoms with E-state index in [-0.39, 0.29) is 11.5 Å². The molecule has 0 aliphatic rings. The molecule has 7 heteroatoms. The first-order valence-corrected chi connectivity index (χ1v) is 12.2. The molecule has 0 aliphatic heterocycles. The van der Waals surface area contributed by atoms with Crippen molar-refractivity contribution in [3.05, 3.63) is 131 Å². The predicted molar refractivity (Wildman–Crippen MR) is 145 cm³/mol. The van der Waals surface area contributed by atoms with E-state index >= 15 is 0 Å². The lowest BCUT2D eigenvalue weighted by Gasteiger charge is -2.18. The number of pyridine rings is 2. The zero-order valence-electron chi connectivity index (χ0n) is 20.9. The van der Waals surface area contributed by atoms with Crippen molar-refractivity contribution < 1.29 is 14.4 Å². The second-order valence-corrected chi connectivity index (χ2v) is 9.21. The van der Waals surface area contributed by atoms with Crippen LogP contribution < -0.4 is 0 Å². The third-order valence-electron chi connectivity index (χ3n) is 6.81. The van der Waals surface area contributed by atoms with Gasteiger partial charge in [-0.1, -0.05) is 65.8 Å². The van der Waals surface area contributed by atoms with Gasteiger partial charge < -0.3 is 9.63 Å². The Morgan fingerprint density at radius 2 is 1.58 bits per heavy atom. The summed E-state index contributed by atoms with van der Waals surface area (Å²) in [6.45, 7) is 3.82. The van der Waals surface area contributed by atoms with E-state index in [0.717, 1.165) is 50.3 Å². The molecule has 6 rings (SSSR count). The molecule has 0 unspecified atom stereocenters. The highest BCUT2D eigenvalue weighted by Crippen LogP contribution is 2.39. The van der Waals surface area contributed by atoms with Crippen molar-refractivity contribution in [3.8, 4) is 16.9 Å². The van der Waals surface area contributed by atoms with Crippen LogP contribution in [0.5, 0.6) is 0 Å². The van der Waals surface area contributed by atoms with E-state index in [9.17, 15) is 9.90 Å². The van der Waals surface area contributed by atoms with Crippen LogP contribution in [0.1, 0.15) is 44.4 Å². The number of fused-ring (bicyclic) bond motifs is 1. The molecule has 4 heterocycles. The molecule has 0 aliphatic carbocycles. The molecule has 4 aromatic heterocycles. The Hall–Kier alpha value is -5.04. The van der Waals surface area contributed by atoms with E-state index in [1.165, 1.54) is 6.20 Å². The molecular weight excluding hydrogens is 476 g/mol. The number of nitrogens with zero attached hydrogens (tertiary/aromatic N) is 4. The Labute approximate surface area is 219 Å². The molecule has 2 aromatic carbocycles. The fourth-order valence-electron chi connectivity index (χ4n) is 5.07. The lowest BCUT2D eigenvalue weighted by Crippen LogP contribution is -2.03. The molecule has 0 radical (unpaired) electrons. The number of carbonyl (C=O) groups is 1. The minimum atomic E-state index is -1.02. The molecule has 0 fully saturated rings. The smallest absolute Gasteiger partial charge is 0.337 e. The maximum atomic E-state index is 11.4. The van der Waals surface area contributed by atoms with E-state index in [1.54, 1.807) is 12.1 Å². The van der Waals surface area contributed by atoms with Crippen LogP contribution in [0.4, 0.5) is 0 Å². The van der Waals surface area contributed by atoms with Crippen LogP contribution in [0.15, 0.2) is 102 Å². The molecule has 186 valence electrons. The third kappa shape index (κ3) is 4.04. The Bertz CT molecular complexity index is 1700. The number of aromatic nitrogens is 4. The summed E-state index contributed by atoms with van der Waals surface area (Å²) < 4.78 is 7.37. The fraction of sp³-hybridized carbons (Fsp3) is 0.0968. The van der Waals surface area contributed by atoms with Crippen LogP contribution in [-0.2, 0) is 0 Å². The molecule has 38 heavy (non-hydrogen) atoms. The van der Waals surface area contributed by atoms with Gasteiger partial charge in [0, 0.05) is 41.0 Å². The summed E-state index contributed by atoms with van der Waals surface area (Å²) in [6.07, 6.45) is 5.25. The summed E-state index contributed by atoms with van der Waals surface area (Å²) in [5.74, 6) is 0.237. The first-order valence-electron chi connectivity index (χ1n) is 12.2. The standard InChI is InChI=1S/C31H24N4O3/c1-19-28(20(2)38-34-19)24-15-25-26(29(21-9-5-3-6-10-21)22-11-7-4-8-12-22)18-35(30(25)33-17-24)27-14-13-23(16-32-27)31(36)37/h3-18,29H,1-2H3,(H,36,37). The first-order chi connectivity index (χ1) is 18.5. The van der Waals surface area contributed by atoms with Crippen molar-refractivity contribution >= 4 is 17.0 Å². The van der Waals surface area contributed by atoms with Crippen molar-refractivity contribution in [2.45, 2.75) is 19.8 Å². The summed E-state index contributed by atoms with van der Waals surface area (Å²) in [6, 6.07) is 26.1. The van der Waals surface area contributed by atoms with Gasteiger partial charge in [0.2, 0.25) is 0 Å². The number of carboxylic acids is 1. The normalized spacial score (nSPS) is 11.3. The monoisotopic (exact) mass is 500 g/mol. The number of rotatable bonds is 6. The van der Waals surface area contributed by atoms with Crippen LogP contribution >= 0.6 is 0 Å².